The predicted molar refractivity (Wildman–Crippen MR) is 74.9 cm³/mol. The fraction of sp³-hybridized carbons (Fsp3) is 0.200. The Morgan fingerprint density at radius 1 is 1.33 bits per heavy atom. The molecule has 0 fully saturated rings. The van der Waals surface area contributed by atoms with Crippen LogP contribution in [0.4, 0.5) is 4.39 Å². The molecule has 1 heterocycles. The normalized spacial score (nSPS) is 10.6. The van der Waals surface area contributed by atoms with Gasteiger partial charge in [-0.05, 0) is 24.6 Å². The maximum atomic E-state index is 13.0. The van der Waals surface area contributed by atoms with E-state index in [4.69, 9.17) is 4.74 Å². The van der Waals surface area contributed by atoms with Gasteiger partial charge in [-0.15, -0.1) is 0 Å². The summed E-state index contributed by atoms with van der Waals surface area (Å²) in [5.41, 5.74) is 0.412. The van der Waals surface area contributed by atoms with Crippen LogP contribution in [0.15, 0.2) is 29.1 Å². The van der Waals surface area contributed by atoms with Crippen molar-refractivity contribution in [2.45, 2.75) is 13.5 Å². The molecule has 6 heteroatoms. The van der Waals surface area contributed by atoms with E-state index in [0.29, 0.717) is 11.3 Å². The highest BCUT2D eigenvalue weighted by Crippen LogP contribution is 2.21. The number of carboxylic acid groups (broad SMARTS) is 1. The van der Waals surface area contributed by atoms with Gasteiger partial charge in [0.1, 0.15) is 11.4 Å². The number of ether oxygens (including phenoxy) is 1. The number of carboxylic acids is 1. The van der Waals surface area contributed by atoms with E-state index in [-0.39, 0.29) is 23.4 Å². The Morgan fingerprint density at radius 2 is 1.95 bits per heavy atom. The zero-order valence-electron chi connectivity index (χ0n) is 11.6. The number of rotatable bonds is 4. The molecule has 2 aromatic rings. The Kier molecular flexibility index (Phi) is 4.18. The summed E-state index contributed by atoms with van der Waals surface area (Å²) in [6.07, 6.45) is 0. The van der Waals surface area contributed by atoms with Crippen molar-refractivity contribution in [3.05, 3.63) is 57.3 Å². The maximum Gasteiger partial charge on any atom is 0.341 e. The summed E-state index contributed by atoms with van der Waals surface area (Å²) in [4.78, 5) is 26.7. The summed E-state index contributed by atoms with van der Waals surface area (Å²) in [5, 5.41) is 9.24. The number of benzene rings is 1. The van der Waals surface area contributed by atoms with Crippen LogP contribution in [-0.4, -0.2) is 23.2 Å². The number of H-pyrrole nitrogens is 1. The van der Waals surface area contributed by atoms with Gasteiger partial charge in [0.2, 0.25) is 5.43 Å². The highest BCUT2D eigenvalue weighted by atomic mass is 19.1. The van der Waals surface area contributed by atoms with Crippen LogP contribution in [0.2, 0.25) is 0 Å². The van der Waals surface area contributed by atoms with Gasteiger partial charge in [-0.2, -0.15) is 0 Å². The molecule has 1 aromatic carbocycles. The molecule has 0 aliphatic rings. The average Bonchev–Trinajstić information content (AvgIpc) is 2.40. The van der Waals surface area contributed by atoms with Crippen LogP contribution < -0.4 is 5.43 Å². The number of nitrogens with one attached hydrogen (secondary N) is 1. The number of hydrogen-bond acceptors (Lipinski definition) is 3. The van der Waals surface area contributed by atoms with Crippen molar-refractivity contribution in [3.63, 3.8) is 0 Å². The summed E-state index contributed by atoms with van der Waals surface area (Å²) in [6, 6.07) is 5.32. The minimum absolute atomic E-state index is 0.0125. The fourth-order valence-electron chi connectivity index (χ4n) is 2.23. The van der Waals surface area contributed by atoms with Gasteiger partial charge in [-0.1, -0.05) is 12.1 Å². The topological polar surface area (TPSA) is 79.4 Å². The van der Waals surface area contributed by atoms with Gasteiger partial charge >= 0.3 is 5.97 Å². The minimum Gasteiger partial charge on any atom is -0.477 e. The number of carbonyl (C=O) groups is 1. The van der Waals surface area contributed by atoms with Gasteiger partial charge in [0.05, 0.1) is 12.3 Å². The van der Waals surface area contributed by atoms with Crippen molar-refractivity contribution < 1.29 is 19.0 Å². The van der Waals surface area contributed by atoms with Gasteiger partial charge in [0, 0.05) is 18.4 Å². The molecule has 0 aliphatic heterocycles. The highest BCUT2D eigenvalue weighted by Gasteiger charge is 2.21. The Hall–Kier alpha value is -2.47. The molecule has 0 radical (unpaired) electrons. The first-order chi connectivity index (χ1) is 9.95. The standard InChI is InChI=1S/C15H14FNO4/c1-8-12(9-3-5-10(16)6-4-9)14(18)13(15(19)20)11(17-8)7-21-2/h3-6H,7H2,1-2H3,(H,17,18)(H,19,20). The van der Waals surface area contributed by atoms with Crippen LogP contribution in [0.25, 0.3) is 11.1 Å². The van der Waals surface area contributed by atoms with E-state index in [1.807, 2.05) is 0 Å². The van der Waals surface area contributed by atoms with E-state index in [1.165, 1.54) is 31.4 Å². The van der Waals surface area contributed by atoms with Gasteiger partial charge < -0.3 is 14.8 Å². The first-order valence-electron chi connectivity index (χ1n) is 6.19. The highest BCUT2D eigenvalue weighted by molar-refractivity contribution is 5.90. The summed E-state index contributed by atoms with van der Waals surface area (Å²) < 4.78 is 17.9. The van der Waals surface area contributed by atoms with Gasteiger partial charge in [-0.25, -0.2) is 9.18 Å². The first-order valence-corrected chi connectivity index (χ1v) is 6.19. The van der Waals surface area contributed by atoms with Crippen molar-refractivity contribution in [1.82, 2.24) is 4.98 Å². The number of aryl methyl sites for hydroxylation is 1. The largest absolute Gasteiger partial charge is 0.477 e. The SMILES string of the molecule is COCc1[nH]c(C)c(-c2ccc(F)cc2)c(=O)c1C(=O)O. The lowest BCUT2D eigenvalue weighted by Crippen LogP contribution is -2.23. The van der Waals surface area contributed by atoms with Crippen molar-refractivity contribution in [2.75, 3.05) is 7.11 Å². The molecule has 0 spiro atoms. The second-order valence-corrected chi connectivity index (χ2v) is 4.55. The van der Waals surface area contributed by atoms with Crippen molar-refractivity contribution >= 4 is 5.97 Å². The second kappa shape index (κ2) is 5.88. The van der Waals surface area contributed by atoms with E-state index in [9.17, 15) is 19.1 Å². The molecule has 0 atom stereocenters. The van der Waals surface area contributed by atoms with Gasteiger partial charge in [-0.3, -0.25) is 4.79 Å². The molecular formula is C15H14FNO4. The van der Waals surface area contributed by atoms with Crippen LogP contribution >= 0.6 is 0 Å². The third-order valence-electron chi connectivity index (χ3n) is 3.10. The van der Waals surface area contributed by atoms with Crippen LogP contribution in [0.1, 0.15) is 21.7 Å². The summed E-state index contributed by atoms with van der Waals surface area (Å²) >= 11 is 0. The zero-order valence-corrected chi connectivity index (χ0v) is 11.6. The van der Waals surface area contributed by atoms with Crippen LogP contribution in [0, 0.1) is 12.7 Å². The van der Waals surface area contributed by atoms with E-state index < -0.39 is 17.2 Å². The number of methoxy groups -OCH3 is 1. The Bertz CT molecular complexity index is 735. The van der Waals surface area contributed by atoms with E-state index >= 15 is 0 Å². The van der Waals surface area contributed by atoms with Gasteiger partial charge in [0.15, 0.2) is 0 Å². The quantitative estimate of drug-likeness (QED) is 0.906. The molecule has 2 N–H and O–H groups in total. The molecule has 2 rings (SSSR count). The molecule has 0 aliphatic carbocycles. The smallest absolute Gasteiger partial charge is 0.341 e. The molecule has 1 aromatic heterocycles. The zero-order chi connectivity index (χ0) is 15.6. The molecular weight excluding hydrogens is 277 g/mol. The lowest BCUT2D eigenvalue weighted by molar-refractivity contribution is 0.0689. The van der Waals surface area contributed by atoms with Crippen molar-refractivity contribution in [1.29, 1.82) is 0 Å². The summed E-state index contributed by atoms with van der Waals surface area (Å²) in [6.45, 7) is 1.65. The van der Waals surface area contributed by atoms with E-state index in [2.05, 4.69) is 4.98 Å². The fourth-order valence-corrected chi connectivity index (χ4v) is 2.23. The van der Waals surface area contributed by atoms with E-state index in [0.717, 1.165) is 0 Å². The van der Waals surface area contributed by atoms with Crippen molar-refractivity contribution in [3.8, 4) is 11.1 Å². The van der Waals surface area contributed by atoms with Crippen molar-refractivity contribution in [2.24, 2.45) is 0 Å². The average molecular weight is 291 g/mol. The number of pyridine rings is 1. The van der Waals surface area contributed by atoms with Crippen LogP contribution in [0.3, 0.4) is 0 Å². The third-order valence-corrected chi connectivity index (χ3v) is 3.10. The molecule has 21 heavy (non-hydrogen) atoms. The molecule has 5 nitrogen and oxygen atoms in total. The molecule has 110 valence electrons. The summed E-state index contributed by atoms with van der Waals surface area (Å²) in [7, 11) is 1.41. The van der Waals surface area contributed by atoms with Gasteiger partial charge in [0.25, 0.3) is 0 Å². The molecule has 0 bridgehead atoms. The predicted octanol–water partition coefficient (Wildman–Crippen LogP) is 2.33. The molecule has 0 amide bonds. The summed E-state index contributed by atoms with van der Waals surface area (Å²) in [5.74, 6) is -1.76. The number of halogens is 1. The third kappa shape index (κ3) is 2.85. The molecule has 0 unspecified atom stereocenters. The lowest BCUT2D eigenvalue weighted by Gasteiger charge is -2.11. The lowest BCUT2D eigenvalue weighted by atomic mass is 10.00. The van der Waals surface area contributed by atoms with E-state index in [1.54, 1.807) is 6.92 Å². The first kappa shape index (κ1) is 14.9. The number of aromatic amines is 1. The Morgan fingerprint density at radius 3 is 2.48 bits per heavy atom. The van der Waals surface area contributed by atoms with Crippen LogP contribution in [0.5, 0.6) is 0 Å². The Balaban J connectivity index is 2.73. The number of aromatic carboxylic acids is 1. The molecule has 0 saturated heterocycles. The maximum absolute atomic E-state index is 13.0. The second-order valence-electron chi connectivity index (χ2n) is 4.55. The monoisotopic (exact) mass is 291 g/mol. The minimum atomic E-state index is -1.33. The molecule has 0 saturated carbocycles. The number of hydrogen-bond donors (Lipinski definition) is 2. The van der Waals surface area contributed by atoms with Crippen LogP contribution in [-0.2, 0) is 11.3 Å². The Labute approximate surface area is 120 Å². The number of aromatic nitrogens is 1.